The molecule has 0 aromatic heterocycles. The van der Waals surface area contributed by atoms with E-state index in [2.05, 4.69) is 48.1 Å². The van der Waals surface area contributed by atoms with Crippen LogP contribution in [0.15, 0.2) is 42.5 Å². The Kier molecular flexibility index (Phi) is 8.12. The van der Waals surface area contributed by atoms with Crippen LogP contribution in [-0.4, -0.2) is 48.8 Å². The largest absolute Gasteiger partial charge is 0.390 e. The number of benzene rings is 2. The zero-order chi connectivity index (χ0) is 25.8. The minimum Gasteiger partial charge on any atom is -0.390 e. The Bertz CT molecular complexity index is 1040. The third-order valence-electron chi connectivity index (χ3n) is 6.26. The molecule has 0 aliphatic carbocycles. The molecular weight excluding hydrogens is 454 g/mol. The molecule has 3 amide bonds. The van der Waals surface area contributed by atoms with Crippen LogP contribution in [0.1, 0.15) is 44.4 Å². The fourth-order valence-corrected chi connectivity index (χ4v) is 4.27. The van der Waals surface area contributed by atoms with Crippen molar-refractivity contribution in [2.75, 3.05) is 19.6 Å². The first-order valence-electron chi connectivity index (χ1n) is 11.7. The number of rotatable bonds is 8. The number of aliphatic hydroxyl groups is 1. The highest BCUT2D eigenvalue weighted by atomic mass is 19.1. The van der Waals surface area contributed by atoms with Crippen LogP contribution in [0.4, 0.5) is 13.6 Å². The molecular formula is C26H34F2N4O3. The van der Waals surface area contributed by atoms with Gasteiger partial charge in [0.15, 0.2) is 0 Å². The molecule has 0 spiro atoms. The number of halogens is 2. The molecule has 1 heterocycles. The van der Waals surface area contributed by atoms with Crippen molar-refractivity contribution in [3.63, 3.8) is 0 Å². The molecule has 2 aromatic carbocycles. The lowest BCUT2D eigenvalue weighted by Crippen LogP contribution is -2.65. The van der Waals surface area contributed by atoms with Crippen molar-refractivity contribution in [1.82, 2.24) is 21.3 Å². The number of nitrogens with one attached hydrogen (secondary N) is 4. The molecule has 2 aromatic rings. The summed E-state index contributed by atoms with van der Waals surface area (Å²) in [6, 6.07) is 10.1. The van der Waals surface area contributed by atoms with E-state index in [1.807, 2.05) is 18.2 Å². The third-order valence-corrected chi connectivity index (χ3v) is 6.26. The van der Waals surface area contributed by atoms with Crippen LogP contribution in [0.25, 0.3) is 0 Å². The van der Waals surface area contributed by atoms with Gasteiger partial charge in [0, 0.05) is 32.6 Å². The monoisotopic (exact) mass is 488 g/mol. The Morgan fingerprint density at radius 2 is 1.74 bits per heavy atom. The quantitative estimate of drug-likeness (QED) is 0.394. The first-order chi connectivity index (χ1) is 16.4. The van der Waals surface area contributed by atoms with E-state index in [9.17, 15) is 23.5 Å². The van der Waals surface area contributed by atoms with E-state index in [0.717, 1.165) is 17.2 Å². The maximum absolute atomic E-state index is 13.7. The Balaban J connectivity index is 1.83. The van der Waals surface area contributed by atoms with Gasteiger partial charge in [-0.05, 0) is 40.7 Å². The highest BCUT2D eigenvalue weighted by Gasteiger charge is 2.37. The fraction of sp³-hybridized carbons (Fsp3) is 0.462. The Labute approximate surface area is 204 Å². The number of carbonyl (C=O) groups excluding carboxylic acids is 2. The number of amides is 3. The van der Waals surface area contributed by atoms with Gasteiger partial charge in [-0.2, -0.15) is 0 Å². The molecule has 1 aliphatic rings. The summed E-state index contributed by atoms with van der Waals surface area (Å²) in [5.74, 6) is -1.82. The van der Waals surface area contributed by atoms with Gasteiger partial charge >= 0.3 is 6.03 Å². The van der Waals surface area contributed by atoms with E-state index >= 15 is 0 Å². The standard InChI is InChI=1S/C26H34F2N4O3/c1-16(33)32-22(10-17-8-20(27)12-21(28)9-17)23(34)13-31-26(14-29-24(35)30-15-26)19-7-5-6-18(11-19)25(2,3)4/h5-9,11-12,22-23,31,34H,10,13-15H2,1-4H3,(H,32,33)(H2,29,30,35)/t22-,23+/m0/s1. The second kappa shape index (κ2) is 10.7. The van der Waals surface area contributed by atoms with E-state index in [1.165, 1.54) is 19.1 Å². The maximum Gasteiger partial charge on any atom is 0.314 e. The van der Waals surface area contributed by atoms with Gasteiger partial charge in [-0.3, -0.25) is 4.79 Å². The van der Waals surface area contributed by atoms with Crippen molar-refractivity contribution in [3.05, 3.63) is 70.8 Å². The fourth-order valence-electron chi connectivity index (χ4n) is 4.27. The molecule has 35 heavy (non-hydrogen) atoms. The van der Waals surface area contributed by atoms with Gasteiger partial charge < -0.3 is 26.4 Å². The summed E-state index contributed by atoms with van der Waals surface area (Å²) in [6.45, 7) is 8.30. The number of hydrogen-bond acceptors (Lipinski definition) is 4. The second-order valence-corrected chi connectivity index (χ2v) is 10.2. The number of aliphatic hydroxyl groups excluding tert-OH is 1. The summed E-state index contributed by atoms with van der Waals surface area (Å²) >= 11 is 0. The summed E-state index contributed by atoms with van der Waals surface area (Å²) in [5.41, 5.74) is 1.57. The molecule has 0 saturated carbocycles. The Morgan fingerprint density at radius 3 is 2.31 bits per heavy atom. The minimum atomic E-state index is -1.08. The highest BCUT2D eigenvalue weighted by Crippen LogP contribution is 2.28. The molecule has 5 N–H and O–H groups in total. The Morgan fingerprint density at radius 1 is 1.11 bits per heavy atom. The molecule has 0 bridgehead atoms. The van der Waals surface area contributed by atoms with Crippen LogP contribution in [0, 0.1) is 11.6 Å². The summed E-state index contributed by atoms with van der Waals surface area (Å²) in [6.07, 6.45) is -1.04. The lowest BCUT2D eigenvalue weighted by molar-refractivity contribution is -0.120. The normalized spacial score (nSPS) is 17.2. The number of hydrogen-bond donors (Lipinski definition) is 5. The van der Waals surface area contributed by atoms with Gasteiger partial charge in [-0.25, -0.2) is 13.6 Å². The van der Waals surface area contributed by atoms with Crippen LogP contribution in [0.5, 0.6) is 0 Å². The number of carbonyl (C=O) groups is 2. The summed E-state index contributed by atoms with van der Waals surface area (Å²) < 4.78 is 27.4. The van der Waals surface area contributed by atoms with Gasteiger partial charge in [-0.15, -0.1) is 0 Å². The summed E-state index contributed by atoms with van der Waals surface area (Å²) in [4.78, 5) is 23.6. The van der Waals surface area contributed by atoms with Gasteiger partial charge in [-0.1, -0.05) is 45.0 Å². The van der Waals surface area contributed by atoms with Crippen LogP contribution >= 0.6 is 0 Å². The molecule has 9 heteroatoms. The lowest BCUT2D eigenvalue weighted by Gasteiger charge is -2.41. The van der Waals surface area contributed by atoms with Crippen LogP contribution in [0.3, 0.4) is 0 Å². The van der Waals surface area contributed by atoms with E-state index in [4.69, 9.17) is 0 Å². The SMILES string of the molecule is CC(=O)N[C@@H](Cc1cc(F)cc(F)c1)[C@H](O)CNC1(c2cccc(C(C)(C)C)c2)CNC(=O)NC1. The first-order valence-corrected chi connectivity index (χ1v) is 11.7. The summed E-state index contributed by atoms with van der Waals surface area (Å²) in [5, 5.41) is 22.7. The molecule has 0 unspecified atom stereocenters. The predicted octanol–water partition coefficient (Wildman–Crippen LogP) is 2.47. The van der Waals surface area contributed by atoms with Gasteiger partial charge in [0.2, 0.25) is 5.91 Å². The zero-order valence-electron chi connectivity index (χ0n) is 20.5. The van der Waals surface area contributed by atoms with Crippen molar-refractivity contribution in [1.29, 1.82) is 0 Å². The maximum atomic E-state index is 13.7. The Hall–Kier alpha value is -3.04. The van der Waals surface area contributed by atoms with E-state index in [-0.39, 0.29) is 30.3 Å². The first kappa shape index (κ1) is 26.6. The van der Waals surface area contributed by atoms with Gasteiger partial charge in [0.1, 0.15) is 11.6 Å². The van der Waals surface area contributed by atoms with Crippen molar-refractivity contribution >= 4 is 11.9 Å². The molecule has 2 atom stereocenters. The molecule has 7 nitrogen and oxygen atoms in total. The molecule has 1 aliphatic heterocycles. The second-order valence-electron chi connectivity index (χ2n) is 10.2. The average Bonchev–Trinajstić information content (AvgIpc) is 2.77. The van der Waals surface area contributed by atoms with Crippen molar-refractivity contribution < 1.29 is 23.5 Å². The van der Waals surface area contributed by atoms with E-state index in [1.54, 1.807) is 0 Å². The highest BCUT2D eigenvalue weighted by molar-refractivity contribution is 5.75. The molecule has 190 valence electrons. The molecule has 0 radical (unpaired) electrons. The van der Waals surface area contributed by atoms with E-state index in [0.29, 0.717) is 18.7 Å². The van der Waals surface area contributed by atoms with Crippen LogP contribution < -0.4 is 21.3 Å². The lowest BCUT2D eigenvalue weighted by atomic mass is 9.81. The topological polar surface area (TPSA) is 102 Å². The van der Waals surface area contributed by atoms with Crippen molar-refractivity contribution in [3.8, 4) is 0 Å². The van der Waals surface area contributed by atoms with Gasteiger partial charge in [0.25, 0.3) is 0 Å². The molecule has 1 fully saturated rings. The zero-order valence-corrected chi connectivity index (χ0v) is 20.5. The van der Waals surface area contributed by atoms with Crippen molar-refractivity contribution in [2.45, 2.75) is 57.2 Å². The summed E-state index contributed by atoms with van der Waals surface area (Å²) in [7, 11) is 0. The minimum absolute atomic E-state index is 0.0403. The van der Waals surface area contributed by atoms with E-state index < -0.39 is 29.3 Å². The average molecular weight is 489 g/mol. The predicted molar refractivity (Wildman–Crippen MR) is 130 cm³/mol. The number of urea groups is 1. The third kappa shape index (κ3) is 6.99. The van der Waals surface area contributed by atoms with Gasteiger partial charge in [0.05, 0.1) is 17.7 Å². The van der Waals surface area contributed by atoms with Crippen molar-refractivity contribution in [2.24, 2.45) is 0 Å². The molecule has 1 saturated heterocycles. The molecule has 3 rings (SSSR count). The smallest absolute Gasteiger partial charge is 0.314 e. The van der Waals surface area contributed by atoms with Crippen LogP contribution in [-0.2, 0) is 22.2 Å². The van der Waals surface area contributed by atoms with Crippen LogP contribution in [0.2, 0.25) is 0 Å².